The monoisotopic (exact) mass is 481 g/mol. The fourth-order valence-corrected chi connectivity index (χ4v) is 6.61. The SMILES string of the molecule is Cc1oncc1S(=O)(=O)N(CC#N)C[C@H]1CCC2=C1[C@@H](C)C1=CNN(c3ccc(F)cc3)C1=C2. The number of rotatable bonds is 6. The number of nitrogens with zero attached hydrogens (tertiary/aromatic N) is 4. The Morgan fingerprint density at radius 1 is 1.35 bits per heavy atom. The number of aromatic nitrogens is 1. The fraction of sp³-hybridized carbons (Fsp3) is 0.333. The van der Waals surface area contributed by atoms with Crippen LogP contribution in [0.1, 0.15) is 25.5 Å². The molecule has 0 unspecified atom stereocenters. The van der Waals surface area contributed by atoms with Gasteiger partial charge in [-0.1, -0.05) is 17.7 Å². The van der Waals surface area contributed by atoms with Crippen LogP contribution in [0.15, 0.2) is 74.6 Å². The molecule has 0 saturated heterocycles. The van der Waals surface area contributed by atoms with E-state index in [-0.39, 0.29) is 41.4 Å². The average molecular weight is 482 g/mol. The molecule has 3 aliphatic rings. The van der Waals surface area contributed by atoms with E-state index in [1.807, 2.05) is 17.3 Å². The van der Waals surface area contributed by atoms with Gasteiger partial charge in [-0.15, -0.1) is 0 Å². The van der Waals surface area contributed by atoms with Crippen LogP contribution >= 0.6 is 0 Å². The summed E-state index contributed by atoms with van der Waals surface area (Å²) in [6.07, 6.45) is 6.90. The van der Waals surface area contributed by atoms with Crippen LogP contribution in [0.25, 0.3) is 0 Å². The summed E-state index contributed by atoms with van der Waals surface area (Å²) in [5.41, 5.74) is 8.61. The topological polar surface area (TPSA) is 102 Å². The van der Waals surface area contributed by atoms with E-state index in [9.17, 15) is 18.1 Å². The predicted octanol–water partition coefficient (Wildman–Crippen LogP) is 3.79. The number of hydrazine groups is 1. The molecule has 1 aromatic carbocycles. The number of benzene rings is 1. The maximum atomic E-state index is 13.4. The first-order valence-electron chi connectivity index (χ1n) is 11.1. The minimum Gasteiger partial charge on any atom is -0.360 e. The van der Waals surface area contributed by atoms with Gasteiger partial charge >= 0.3 is 0 Å². The number of anilines is 1. The highest BCUT2D eigenvalue weighted by molar-refractivity contribution is 7.89. The summed E-state index contributed by atoms with van der Waals surface area (Å²) in [5, 5.41) is 14.9. The molecule has 0 amide bonds. The van der Waals surface area contributed by atoms with Crippen molar-refractivity contribution < 1.29 is 17.3 Å². The molecule has 2 aliphatic carbocycles. The van der Waals surface area contributed by atoms with Gasteiger partial charge in [-0.3, -0.25) is 5.01 Å². The zero-order valence-corrected chi connectivity index (χ0v) is 19.6. The molecular weight excluding hydrogens is 457 g/mol. The van der Waals surface area contributed by atoms with E-state index in [4.69, 9.17) is 4.52 Å². The van der Waals surface area contributed by atoms with E-state index < -0.39 is 10.0 Å². The molecule has 1 N–H and O–H groups in total. The third kappa shape index (κ3) is 3.61. The summed E-state index contributed by atoms with van der Waals surface area (Å²) in [5.74, 6) is -0.0174. The summed E-state index contributed by atoms with van der Waals surface area (Å²) in [6.45, 7) is 3.64. The van der Waals surface area contributed by atoms with Gasteiger partial charge in [-0.25, -0.2) is 12.8 Å². The molecule has 2 atom stereocenters. The number of halogens is 1. The lowest BCUT2D eigenvalue weighted by molar-refractivity contribution is 0.376. The Morgan fingerprint density at radius 3 is 2.79 bits per heavy atom. The zero-order valence-electron chi connectivity index (χ0n) is 18.8. The Balaban J connectivity index is 1.44. The van der Waals surface area contributed by atoms with Gasteiger partial charge in [-0.05, 0) is 61.6 Å². The van der Waals surface area contributed by atoms with Crippen LogP contribution in [0, 0.1) is 35.9 Å². The second kappa shape index (κ2) is 8.42. The summed E-state index contributed by atoms with van der Waals surface area (Å²) < 4.78 is 46.0. The van der Waals surface area contributed by atoms with Gasteiger partial charge in [0.1, 0.15) is 17.3 Å². The molecule has 0 radical (unpaired) electrons. The normalized spacial score (nSPS) is 21.7. The zero-order chi connectivity index (χ0) is 24.0. The lowest BCUT2D eigenvalue weighted by Crippen LogP contribution is -2.37. The standard InChI is InChI=1S/C24H24FN5O3S/c1-15-21-12-27-30(20-7-5-19(25)6-8-20)22(21)11-17-3-4-18(24(15)17)14-29(10-9-26)34(31,32)23-13-28-33-16(23)2/h5-8,11-13,15,18,27H,3-4,10,14H2,1-2H3/t15-,18+/m0/s1. The van der Waals surface area contributed by atoms with E-state index in [1.165, 1.54) is 33.8 Å². The number of nitrogens with one attached hydrogen (secondary N) is 1. The molecule has 176 valence electrons. The van der Waals surface area contributed by atoms with Crippen LogP contribution < -0.4 is 10.4 Å². The second-order valence-corrected chi connectivity index (χ2v) is 10.6. The minimum atomic E-state index is -3.91. The van der Waals surface area contributed by atoms with Crippen molar-refractivity contribution in [2.24, 2.45) is 11.8 Å². The number of aryl methyl sites for hydroxylation is 1. The maximum Gasteiger partial charge on any atom is 0.249 e. The first-order chi connectivity index (χ1) is 16.3. The highest BCUT2D eigenvalue weighted by Crippen LogP contribution is 2.48. The van der Waals surface area contributed by atoms with Gasteiger partial charge in [0.25, 0.3) is 0 Å². The Labute approximate surface area is 197 Å². The number of fused-ring (bicyclic) bond motifs is 1. The Kier molecular flexibility index (Phi) is 5.54. The molecule has 2 heterocycles. The first-order valence-corrected chi connectivity index (χ1v) is 12.5. The van der Waals surface area contributed by atoms with Crippen molar-refractivity contribution in [2.45, 2.75) is 31.6 Å². The van der Waals surface area contributed by atoms with E-state index in [1.54, 1.807) is 19.1 Å². The third-order valence-electron chi connectivity index (χ3n) is 6.78. The second-order valence-electron chi connectivity index (χ2n) is 8.71. The van der Waals surface area contributed by atoms with Crippen molar-refractivity contribution in [2.75, 3.05) is 18.1 Å². The van der Waals surface area contributed by atoms with E-state index in [0.717, 1.165) is 29.8 Å². The van der Waals surface area contributed by atoms with Crippen molar-refractivity contribution in [1.82, 2.24) is 14.9 Å². The Bertz CT molecular complexity index is 1370. The molecule has 0 fully saturated rings. The number of sulfonamides is 1. The van der Waals surface area contributed by atoms with Gasteiger partial charge in [0.05, 0.1) is 23.7 Å². The summed E-state index contributed by atoms with van der Waals surface area (Å²) in [4.78, 5) is -0.00790. The van der Waals surface area contributed by atoms with Crippen molar-refractivity contribution in [3.63, 3.8) is 0 Å². The number of nitriles is 1. The summed E-state index contributed by atoms with van der Waals surface area (Å²) in [7, 11) is -3.91. The van der Waals surface area contributed by atoms with E-state index >= 15 is 0 Å². The molecule has 1 aromatic heterocycles. The third-order valence-corrected chi connectivity index (χ3v) is 8.69. The molecule has 8 nitrogen and oxygen atoms in total. The highest BCUT2D eigenvalue weighted by atomic mass is 32.2. The summed E-state index contributed by atoms with van der Waals surface area (Å²) >= 11 is 0. The lowest BCUT2D eigenvalue weighted by atomic mass is 9.80. The van der Waals surface area contributed by atoms with Crippen LogP contribution in [0.4, 0.5) is 10.1 Å². The van der Waals surface area contributed by atoms with Crippen LogP contribution in [0.5, 0.6) is 0 Å². The lowest BCUT2D eigenvalue weighted by Gasteiger charge is -2.31. The molecule has 0 bridgehead atoms. The predicted molar refractivity (Wildman–Crippen MR) is 123 cm³/mol. The number of hydrogen-bond acceptors (Lipinski definition) is 7. The van der Waals surface area contributed by atoms with E-state index in [2.05, 4.69) is 23.6 Å². The quantitative estimate of drug-likeness (QED) is 0.627. The molecule has 2 aromatic rings. The molecular formula is C24H24FN5O3S. The van der Waals surface area contributed by atoms with Gasteiger partial charge in [0, 0.05) is 24.2 Å². The van der Waals surface area contributed by atoms with Gasteiger partial charge in [0.15, 0.2) is 5.76 Å². The van der Waals surface area contributed by atoms with Crippen molar-refractivity contribution in [1.29, 1.82) is 5.26 Å². The minimum absolute atomic E-state index is 0.00753. The molecule has 34 heavy (non-hydrogen) atoms. The average Bonchev–Trinajstić information content (AvgIpc) is 3.53. The Morgan fingerprint density at radius 2 is 2.12 bits per heavy atom. The van der Waals surface area contributed by atoms with Crippen LogP contribution in [-0.4, -0.2) is 31.0 Å². The molecule has 1 aliphatic heterocycles. The maximum absolute atomic E-state index is 13.4. The Hall–Kier alpha value is -3.42. The molecule has 0 saturated carbocycles. The molecule has 10 heteroatoms. The fourth-order valence-electron chi connectivity index (χ4n) is 5.16. The molecule has 5 rings (SSSR count). The van der Waals surface area contributed by atoms with Gasteiger partial charge < -0.3 is 9.95 Å². The first kappa shape index (κ1) is 22.4. The van der Waals surface area contributed by atoms with Crippen LogP contribution in [0.2, 0.25) is 0 Å². The van der Waals surface area contributed by atoms with E-state index in [0.29, 0.717) is 0 Å². The highest BCUT2D eigenvalue weighted by Gasteiger charge is 2.40. The molecule has 0 spiro atoms. The van der Waals surface area contributed by atoms with Crippen LogP contribution in [-0.2, 0) is 10.0 Å². The summed E-state index contributed by atoms with van der Waals surface area (Å²) in [6, 6.07) is 8.30. The smallest absolute Gasteiger partial charge is 0.249 e. The largest absolute Gasteiger partial charge is 0.360 e. The van der Waals surface area contributed by atoms with Crippen LogP contribution in [0.3, 0.4) is 0 Å². The van der Waals surface area contributed by atoms with Crippen molar-refractivity contribution in [3.05, 3.63) is 76.7 Å². The van der Waals surface area contributed by atoms with Gasteiger partial charge in [0.2, 0.25) is 10.0 Å². The van der Waals surface area contributed by atoms with Crippen molar-refractivity contribution in [3.8, 4) is 6.07 Å². The van der Waals surface area contributed by atoms with Gasteiger partial charge in [-0.2, -0.15) is 9.57 Å². The number of allylic oxidation sites excluding steroid dienone is 3. The van der Waals surface area contributed by atoms with Crippen molar-refractivity contribution >= 4 is 15.7 Å². The number of hydrogen-bond donors (Lipinski definition) is 1.